The average Bonchev–Trinajstić information content (AvgIpc) is 2.67. The molecule has 0 radical (unpaired) electrons. The second-order valence-electron chi connectivity index (χ2n) is 5.76. The number of halogens is 1. The molecule has 2 aromatic rings. The largest absolute Gasteiger partial charge is 0.444 e. The fraction of sp³-hybridized carbons (Fsp3) is 0.294. The molecule has 0 unspecified atom stereocenters. The second-order valence-corrected chi connectivity index (χ2v) is 5.76. The number of rotatable bonds is 4. The van der Waals surface area contributed by atoms with E-state index in [1.165, 1.54) is 6.07 Å². The molecule has 1 aliphatic heterocycles. The van der Waals surface area contributed by atoms with E-state index in [-0.39, 0.29) is 12.2 Å². The van der Waals surface area contributed by atoms with Crippen molar-refractivity contribution >= 4 is 18.0 Å². The van der Waals surface area contributed by atoms with Gasteiger partial charge in [-0.25, -0.2) is 19.2 Å². The Bertz CT molecular complexity index is 824. The highest BCUT2D eigenvalue weighted by Crippen LogP contribution is 2.25. The van der Waals surface area contributed by atoms with Crippen molar-refractivity contribution in [2.45, 2.75) is 6.61 Å². The molecule has 4 N–H and O–H groups in total. The fourth-order valence-electron chi connectivity index (χ4n) is 2.59. The summed E-state index contributed by atoms with van der Waals surface area (Å²) >= 11 is 0. The summed E-state index contributed by atoms with van der Waals surface area (Å²) in [4.78, 5) is 22.0. The Labute approximate surface area is 154 Å². The Kier molecular flexibility index (Phi) is 5.77. The van der Waals surface area contributed by atoms with Gasteiger partial charge in [-0.3, -0.25) is 10.7 Å². The van der Waals surface area contributed by atoms with Crippen LogP contribution in [0.25, 0.3) is 11.1 Å². The Hall–Kier alpha value is -3.27. The number of alkyl carbamates (subject to hydrolysis) is 1. The molecule has 1 aliphatic rings. The van der Waals surface area contributed by atoms with Crippen molar-refractivity contribution in [1.82, 2.24) is 15.3 Å². The molecular formula is C17H19FN6O3. The minimum absolute atomic E-state index is 0.184. The summed E-state index contributed by atoms with van der Waals surface area (Å²) in [6.07, 6.45) is 2.19. The number of nitrogens with one attached hydrogen (secondary N) is 2. The van der Waals surface area contributed by atoms with Gasteiger partial charge in [-0.1, -0.05) is 18.2 Å². The van der Waals surface area contributed by atoms with Crippen molar-refractivity contribution < 1.29 is 18.7 Å². The number of hydrogen-bond acceptors (Lipinski definition) is 7. The van der Waals surface area contributed by atoms with E-state index in [1.807, 2.05) is 10.2 Å². The van der Waals surface area contributed by atoms with Gasteiger partial charge in [-0.05, 0) is 0 Å². The SMILES string of the molecule is N=C(N)NC(=O)OCc1cccc(-c2cnc(N3CCOCC3)nc2)c1F. The Morgan fingerprint density at radius 1 is 1.33 bits per heavy atom. The van der Waals surface area contributed by atoms with E-state index in [0.29, 0.717) is 43.4 Å². The van der Waals surface area contributed by atoms with Crippen LogP contribution in [0.3, 0.4) is 0 Å². The first-order chi connectivity index (χ1) is 13.0. The van der Waals surface area contributed by atoms with Gasteiger partial charge in [0.05, 0.1) is 13.2 Å². The third-order valence-electron chi connectivity index (χ3n) is 3.92. The van der Waals surface area contributed by atoms with Crippen LogP contribution in [-0.2, 0) is 16.1 Å². The summed E-state index contributed by atoms with van der Waals surface area (Å²) in [5.74, 6) is -0.509. The number of guanidine groups is 1. The molecule has 0 aliphatic carbocycles. The number of morpholine rings is 1. The van der Waals surface area contributed by atoms with Crippen LogP contribution in [0.5, 0.6) is 0 Å². The lowest BCUT2D eigenvalue weighted by Crippen LogP contribution is -2.37. The fourth-order valence-corrected chi connectivity index (χ4v) is 2.59. The van der Waals surface area contributed by atoms with Crippen molar-refractivity contribution in [3.8, 4) is 11.1 Å². The predicted molar refractivity (Wildman–Crippen MR) is 95.7 cm³/mol. The lowest BCUT2D eigenvalue weighted by atomic mass is 10.1. The average molecular weight is 374 g/mol. The van der Waals surface area contributed by atoms with Gasteiger partial charge < -0.3 is 20.1 Å². The summed E-state index contributed by atoms with van der Waals surface area (Å²) in [6.45, 7) is 2.37. The molecule has 3 rings (SSSR count). The molecule has 0 atom stereocenters. The number of hydrogen-bond donors (Lipinski definition) is 3. The summed E-state index contributed by atoms with van der Waals surface area (Å²) in [6, 6.07) is 4.75. The Balaban J connectivity index is 1.73. The third-order valence-corrected chi connectivity index (χ3v) is 3.92. The van der Waals surface area contributed by atoms with E-state index in [0.717, 1.165) is 0 Å². The van der Waals surface area contributed by atoms with Gasteiger partial charge in [-0.15, -0.1) is 0 Å². The molecule has 0 bridgehead atoms. The highest BCUT2D eigenvalue weighted by Gasteiger charge is 2.16. The van der Waals surface area contributed by atoms with E-state index in [2.05, 4.69) is 9.97 Å². The van der Waals surface area contributed by atoms with Gasteiger partial charge >= 0.3 is 6.09 Å². The van der Waals surface area contributed by atoms with Gasteiger partial charge in [0.1, 0.15) is 12.4 Å². The quantitative estimate of drug-likeness (QED) is 0.543. The van der Waals surface area contributed by atoms with E-state index in [4.69, 9.17) is 20.6 Å². The van der Waals surface area contributed by atoms with E-state index in [1.54, 1.807) is 24.5 Å². The van der Waals surface area contributed by atoms with Crippen LogP contribution < -0.4 is 16.0 Å². The van der Waals surface area contributed by atoms with Crippen LogP contribution in [0.1, 0.15) is 5.56 Å². The number of anilines is 1. The van der Waals surface area contributed by atoms with Gasteiger partial charge in [0.2, 0.25) is 5.95 Å². The number of benzene rings is 1. The van der Waals surface area contributed by atoms with Crippen molar-refractivity contribution in [1.29, 1.82) is 5.41 Å². The minimum atomic E-state index is -0.925. The maximum Gasteiger partial charge on any atom is 0.414 e. The van der Waals surface area contributed by atoms with Crippen LogP contribution in [0.4, 0.5) is 15.1 Å². The monoisotopic (exact) mass is 374 g/mol. The second kappa shape index (κ2) is 8.41. The summed E-state index contributed by atoms with van der Waals surface area (Å²) in [5, 5.41) is 8.92. The molecule has 10 heteroatoms. The molecule has 9 nitrogen and oxygen atoms in total. The maximum atomic E-state index is 14.8. The van der Waals surface area contributed by atoms with E-state index >= 15 is 0 Å². The van der Waals surface area contributed by atoms with Gasteiger partial charge in [0.25, 0.3) is 0 Å². The summed E-state index contributed by atoms with van der Waals surface area (Å²) in [7, 11) is 0. The molecular weight excluding hydrogens is 355 g/mol. The van der Waals surface area contributed by atoms with Gasteiger partial charge in [0, 0.05) is 42.2 Å². The molecule has 142 valence electrons. The van der Waals surface area contributed by atoms with Gasteiger partial charge in [-0.2, -0.15) is 0 Å². The van der Waals surface area contributed by atoms with Crippen molar-refractivity contribution in [2.24, 2.45) is 5.73 Å². The Morgan fingerprint density at radius 2 is 2.04 bits per heavy atom. The smallest absolute Gasteiger partial charge is 0.414 e. The molecule has 2 heterocycles. The van der Waals surface area contributed by atoms with Gasteiger partial charge in [0.15, 0.2) is 5.96 Å². The van der Waals surface area contributed by atoms with Crippen LogP contribution in [0.15, 0.2) is 30.6 Å². The first-order valence-corrected chi connectivity index (χ1v) is 8.25. The van der Waals surface area contributed by atoms with E-state index < -0.39 is 17.9 Å². The topological polar surface area (TPSA) is 126 Å². The zero-order chi connectivity index (χ0) is 19.2. The molecule has 1 amide bonds. The number of aromatic nitrogens is 2. The lowest BCUT2D eigenvalue weighted by molar-refractivity contribution is 0.122. The number of carbonyl (C=O) groups excluding carboxylic acids is 1. The lowest BCUT2D eigenvalue weighted by Gasteiger charge is -2.26. The minimum Gasteiger partial charge on any atom is -0.444 e. The van der Waals surface area contributed by atoms with Crippen LogP contribution >= 0.6 is 0 Å². The first kappa shape index (κ1) is 18.5. The van der Waals surface area contributed by atoms with Crippen molar-refractivity contribution in [3.63, 3.8) is 0 Å². The number of amides is 1. The maximum absolute atomic E-state index is 14.8. The molecule has 1 aromatic heterocycles. The van der Waals surface area contributed by atoms with Crippen LogP contribution in [0.2, 0.25) is 0 Å². The highest BCUT2D eigenvalue weighted by atomic mass is 19.1. The van der Waals surface area contributed by atoms with Crippen LogP contribution in [0, 0.1) is 11.2 Å². The first-order valence-electron chi connectivity index (χ1n) is 8.25. The predicted octanol–water partition coefficient (Wildman–Crippen LogP) is 1.24. The summed E-state index contributed by atoms with van der Waals surface area (Å²) in [5.41, 5.74) is 6.03. The molecule has 1 fully saturated rings. The normalized spacial score (nSPS) is 13.9. The molecule has 1 aromatic carbocycles. The zero-order valence-electron chi connectivity index (χ0n) is 14.4. The number of ether oxygens (including phenoxy) is 2. The van der Waals surface area contributed by atoms with Crippen LogP contribution in [-0.4, -0.2) is 48.3 Å². The summed E-state index contributed by atoms with van der Waals surface area (Å²) < 4.78 is 24.9. The highest BCUT2D eigenvalue weighted by molar-refractivity contribution is 5.90. The van der Waals surface area contributed by atoms with E-state index in [9.17, 15) is 9.18 Å². The number of nitrogens with zero attached hydrogens (tertiary/aromatic N) is 3. The molecule has 0 spiro atoms. The third kappa shape index (κ3) is 4.67. The standard InChI is InChI=1S/C17H19FN6O3/c18-14-11(10-27-17(25)23-15(19)20)2-1-3-13(14)12-8-21-16(22-9-12)24-4-6-26-7-5-24/h1-3,8-9H,4-7,10H2,(H4,19,20,23,25). The van der Waals surface area contributed by atoms with Crippen molar-refractivity contribution in [3.05, 3.63) is 42.0 Å². The molecule has 1 saturated heterocycles. The van der Waals surface area contributed by atoms with Crippen molar-refractivity contribution in [2.75, 3.05) is 31.2 Å². The molecule has 0 saturated carbocycles. The zero-order valence-corrected chi connectivity index (χ0v) is 14.4. The number of nitrogens with two attached hydrogens (primary N) is 1. The molecule has 27 heavy (non-hydrogen) atoms. The Morgan fingerprint density at radius 3 is 2.70 bits per heavy atom. The number of carbonyl (C=O) groups is 1.